The van der Waals surface area contributed by atoms with Crippen molar-refractivity contribution < 1.29 is 32.6 Å². The van der Waals surface area contributed by atoms with E-state index >= 15 is 0 Å². The second-order valence-electron chi connectivity index (χ2n) is 6.91. The fraction of sp³-hybridized carbons (Fsp3) is 0.579. The number of halogens is 3. The van der Waals surface area contributed by atoms with Crippen molar-refractivity contribution in [3.63, 3.8) is 0 Å². The molecule has 0 aromatic heterocycles. The summed E-state index contributed by atoms with van der Waals surface area (Å²) in [4.78, 5) is 25.9. The van der Waals surface area contributed by atoms with Crippen LogP contribution in [0.3, 0.4) is 0 Å². The van der Waals surface area contributed by atoms with E-state index in [1.807, 2.05) is 30.3 Å². The third-order valence-corrected chi connectivity index (χ3v) is 5.04. The van der Waals surface area contributed by atoms with Crippen molar-refractivity contribution in [1.29, 1.82) is 0 Å². The number of carbonyl (C=O) groups is 2. The number of aliphatic carboxylic acids is 1. The van der Waals surface area contributed by atoms with Crippen molar-refractivity contribution in [2.24, 2.45) is 5.92 Å². The van der Waals surface area contributed by atoms with Crippen LogP contribution in [0.4, 0.5) is 13.2 Å². The van der Waals surface area contributed by atoms with Crippen LogP contribution in [0.15, 0.2) is 30.3 Å². The van der Waals surface area contributed by atoms with Gasteiger partial charge in [-0.1, -0.05) is 30.3 Å². The Morgan fingerprint density at radius 1 is 1.21 bits per heavy atom. The van der Waals surface area contributed by atoms with Gasteiger partial charge in [-0.25, -0.2) is 4.79 Å². The molecular weight excluding hydrogens is 377 g/mol. The Morgan fingerprint density at radius 3 is 2.43 bits per heavy atom. The number of carboxylic acid groups (broad SMARTS) is 1. The molecule has 2 aliphatic rings. The Labute approximate surface area is 161 Å². The Bertz CT molecular complexity index is 654. The van der Waals surface area contributed by atoms with E-state index in [-0.39, 0.29) is 5.91 Å². The molecule has 0 spiro atoms. The molecule has 1 N–H and O–H groups in total. The number of nitrogens with zero attached hydrogens (tertiary/aromatic N) is 2. The monoisotopic (exact) mass is 402 g/mol. The van der Waals surface area contributed by atoms with Gasteiger partial charge in [0.1, 0.15) is 0 Å². The standard InChI is InChI=1S/C17H24N2O2.C2HF3O2/c1-21-10-9-18-8-7-15-12-19(13-16(15)18)17(20)11-14-5-3-2-4-6-14;3-2(4,5)1(6)7/h2-6,15-16H,7-13H2,1H3;(H,6,7)/t15-,16+;/m1./s1. The highest BCUT2D eigenvalue weighted by Gasteiger charge is 2.42. The lowest BCUT2D eigenvalue weighted by molar-refractivity contribution is -0.192. The zero-order chi connectivity index (χ0) is 20.7. The predicted octanol–water partition coefficient (Wildman–Crippen LogP) is 2.04. The zero-order valence-corrected chi connectivity index (χ0v) is 15.7. The minimum Gasteiger partial charge on any atom is -0.475 e. The van der Waals surface area contributed by atoms with Crippen LogP contribution in [-0.4, -0.2) is 78.9 Å². The van der Waals surface area contributed by atoms with Gasteiger partial charge in [0, 0.05) is 32.8 Å². The molecule has 156 valence electrons. The van der Waals surface area contributed by atoms with Crippen LogP contribution >= 0.6 is 0 Å². The third kappa shape index (κ3) is 6.20. The average molecular weight is 402 g/mol. The number of ether oxygens (including phenoxy) is 1. The molecule has 28 heavy (non-hydrogen) atoms. The number of carboxylic acids is 1. The molecule has 2 atom stereocenters. The summed E-state index contributed by atoms with van der Waals surface area (Å²) in [5.41, 5.74) is 1.11. The molecule has 2 heterocycles. The lowest BCUT2D eigenvalue weighted by Crippen LogP contribution is -2.39. The smallest absolute Gasteiger partial charge is 0.475 e. The second-order valence-corrected chi connectivity index (χ2v) is 6.91. The van der Waals surface area contributed by atoms with Crippen LogP contribution in [0.2, 0.25) is 0 Å². The highest BCUT2D eigenvalue weighted by molar-refractivity contribution is 5.79. The minimum atomic E-state index is -5.08. The van der Waals surface area contributed by atoms with Gasteiger partial charge in [0.25, 0.3) is 0 Å². The number of methoxy groups -OCH3 is 1. The summed E-state index contributed by atoms with van der Waals surface area (Å²) < 4.78 is 36.9. The summed E-state index contributed by atoms with van der Waals surface area (Å²) in [5.74, 6) is -1.84. The maximum absolute atomic E-state index is 12.4. The fourth-order valence-corrected chi connectivity index (χ4v) is 3.62. The van der Waals surface area contributed by atoms with Crippen molar-refractivity contribution in [2.45, 2.75) is 25.1 Å². The van der Waals surface area contributed by atoms with Crippen molar-refractivity contribution in [1.82, 2.24) is 9.80 Å². The molecular formula is C19H25F3N2O4. The van der Waals surface area contributed by atoms with Crippen LogP contribution < -0.4 is 0 Å². The van der Waals surface area contributed by atoms with E-state index in [2.05, 4.69) is 9.80 Å². The molecule has 9 heteroatoms. The van der Waals surface area contributed by atoms with E-state index in [1.54, 1.807) is 7.11 Å². The molecule has 0 radical (unpaired) electrons. The largest absolute Gasteiger partial charge is 0.490 e. The van der Waals surface area contributed by atoms with Crippen LogP contribution in [0.1, 0.15) is 12.0 Å². The maximum atomic E-state index is 12.4. The summed E-state index contributed by atoms with van der Waals surface area (Å²) in [6.45, 7) is 4.73. The number of fused-ring (bicyclic) bond motifs is 1. The molecule has 2 saturated heterocycles. The summed E-state index contributed by atoms with van der Waals surface area (Å²) in [5, 5.41) is 7.12. The summed E-state index contributed by atoms with van der Waals surface area (Å²) in [7, 11) is 1.75. The molecule has 3 rings (SSSR count). The number of hydrogen-bond donors (Lipinski definition) is 1. The molecule has 6 nitrogen and oxygen atoms in total. The Balaban J connectivity index is 0.000000345. The van der Waals surface area contributed by atoms with E-state index in [0.29, 0.717) is 18.4 Å². The Kier molecular flexibility index (Phi) is 7.82. The summed E-state index contributed by atoms with van der Waals surface area (Å²) in [6.07, 6.45) is -3.35. The van der Waals surface area contributed by atoms with E-state index in [4.69, 9.17) is 14.6 Å². The zero-order valence-electron chi connectivity index (χ0n) is 15.7. The van der Waals surface area contributed by atoms with Crippen LogP contribution in [0.25, 0.3) is 0 Å². The normalized spacial score (nSPS) is 21.8. The van der Waals surface area contributed by atoms with E-state index in [9.17, 15) is 18.0 Å². The molecule has 0 saturated carbocycles. The van der Waals surface area contributed by atoms with Gasteiger partial charge < -0.3 is 14.7 Å². The van der Waals surface area contributed by atoms with E-state index < -0.39 is 12.1 Å². The summed E-state index contributed by atoms with van der Waals surface area (Å²) in [6, 6.07) is 10.6. The van der Waals surface area contributed by atoms with Crippen molar-refractivity contribution in [3.05, 3.63) is 35.9 Å². The van der Waals surface area contributed by atoms with E-state index in [0.717, 1.165) is 38.3 Å². The van der Waals surface area contributed by atoms with Gasteiger partial charge >= 0.3 is 12.1 Å². The maximum Gasteiger partial charge on any atom is 0.490 e. The highest BCUT2D eigenvalue weighted by atomic mass is 19.4. The van der Waals surface area contributed by atoms with Crippen LogP contribution in [-0.2, 0) is 20.7 Å². The third-order valence-electron chi connectivity index (χ3n) is 5.04. The average Bonchev–Trinajstić information content (AvgIpc) is 3.21. The van der Waals surface area contributed by atoms with Gasteiger partial charge in [-0.2, -0.15) is 13.2 Å². The number of carbonyl (C=O) groups excluding carboxylic acids is 1. The van der Waals surface area contributed by atoms with Gasteiger partial charge in [0.2, 0.25) is 5.91 Å². The topological polar surface area (TPSA) is 70.1 Å². The number of rotatable bonds is 5. The number of amides is 1. The van der Waals surface area contributed by atoms with Crippen LogP contribution in [0.5, 0.6) is 0 Å². The number of hydrogen-bond acceptors (Lipinski definition) is 4. The minimum absolute atomic E-state index is 0.266. The molecule has 1 aromatic rings. The van der Waals surface area contributed by atoms with Gasteiger partial charge in [-0.15, -0.1) is 0 Å². The molecule has 0 aliphatic carbocycles. The highest BCUT2D eigenvalue weighted by Crippen LogP contribution is 2.31. The molecule has 2 aliphatic heterocycles. The van der Waals surface area contributed by atoms with Crippen molar-refractivity contribution in [2.75, 3.05) is 39.9 Å². The summed E-state index contributed by atoms with van der Waals surface area (Å²) >= 11 is 0. The fourth-order valence-electron chi connectivity index (χ4n) is 3.62. The van der Waals surface area contributed by atoms with Gasteiger partial charge in [0.05, 0.1) is 13.0 Å². The van der Waals surface area contributed by atoms with Crippen LogP contribution in [0, 0.1) is 5.92 Å². The molecule has 1 amide bonds. The lowest BCUT2D eigenvalue weighted by Gasteiger charge is -2.24. The SMILES string of the molecule is COCCN1CC[C@@H]2CN(C(=O)Cc3ccccc3)C[C@@H]21.O=C(O)C(F)(F)F. The predicted molar refractivity (Wildman–Crippen MR) is 95.8 cm³/mol. The number of likely N-dealkylation sites (tertiary alicyclic amines) is 2. The van der Waals surface area contributed by atoms with Gasteiger partial charge in [0.15, 0.2) is 0 Å². The number of benzene rings is 1. The first-order valence-corrected chi connectivity index (χ1v) is 9.07. The Hall–Kier alpha value is -2.13. The van der Waals surface area contributed by atoms with Crippen molar-refractivity contribution in [3.8, 4) is 0 Å². The lowest BCUT2D eigenvalue weighted by atomic mass is 10.1. The first-order chi connectivity index (χ1) is 13.2. The molecule has 1 aromatic carbocycles. The first-order valence-electron chi connectivity index (χ1n) is 9.07. The molecule has 0 unspecified atom stereocenters. The number of alkyl halides is 3. The molecule has 2 fully saturated rings. The van der Waals surface area contributed by atoms with E-state index in [1.165, 1.54) is 6.42 Å². The quantitative estimate of drug-likeness (QED) is 0.816. The second kappa shape index (κ2) is 9.88. The first kappa shape index (κ1) is 22.2. The molecule has 0 bridgehead atoms. The Morgan fingerprint density at radius 2 is 1.86 bits per heavy atom. The van der Waals surface area contributed by atoms with Gasteiger partial charge in [-0.05, 0) is 24.4 Å². The van der Waals surface area contributed by atoms with Gasteiger partial charge in [-0.3, -0.25) is 9.69 Å². The van der Waals surface area contributed by atoms with Crippen molar-refractivity contribution >= 4 is 11.9 Å².